The molecular formula is C16H13ClNO3-. The van der Waals surface area contributed by atoms with E-state index < -0.39 is 5.97 Å². The predicted octanol–water partition coefficient (Wildman–Crippen LogP) is 2.57. The second kappa shape index (κ2) is 5.97. The summed E-state index contributed by atoms with van der Waals surface area (Å²) < 4.78 is 0. The fraction of sp³-hybridized carbons (Fsp3) is 0.125. The average molecular weight is 303 g/mol. The Labute approximate surface area is 127 Å². The first-order valence-corrected chi connectivity index (χ1v) is 6.66. The summed E-state index contributed by atoms with van der Waals surface area (Å²) in [5, 5.41) is 13.9. The van der Waals surface area contributed by atoms with E-state index in [0.29, 0.717) is 5.56 Å². The number of aryl methyl sites for hydroxylation is 2. The van der Waals surface area contributed by atoms with Crippen LogP contribution in [0.4, 0.5) is 5.69 Å². The lowest BCUT2D eigenvalue weighted by Gasteiger charge is -2.13. The number of nitrogens with one attached hydrogen (secondary N) is 1. The lowest BCUT2D eigenvalue weighted by Crippen LogP contribution is -2.25. The van der Waals surface area contributed by atoms with Gasteiger partial charge in [0.15, 0.2) is 0 Å². The van der Waals surface area contributed by atoms with E-state index in [1.165, 1.54) is 18.2 Å². The van der Waals surface area contributed by atoms with Gasteiger partial charge in [0.05, 0.1) is 11.7 Å². The first kappa shape index (κ1) is 15.1. The van der Waals surface area contributed by atoms with Crippen molar-refractivity contribution in [2.45, 2.75) is 13.8 Å². The van der Waals surface area contributed by atoms with E-state index in [2.05, 4.69) is 5.32 Å². The molecule has 0 atom stereocenters. The van der Waals surface area contributed by atoms with Crippen LogP contribution in [0, 0.1) is 13.8 Å². The van der Waals surface area contributed by atoms with E-state index in [1.54, 1.807) is 12.1 Å². The number of aromatic carboxylic acids is 1. The Balaban J connectivity index is 2.31. The van der Waals surface area contributed by atoms with E-state index in [-0.39, 0.29) is 22.2 Å². The standard InChI is InChI=1S/C16H14ClNO3/c1-9-3-4-11(7-10(9)2)15(19)18-14-6-5-12(17)8-13(14)16(20)21/h3-8H,1-2H3,(H,18,19)(H,20,21)/p-1. The van der Waals surface area contributed by atoms with E-state index in [9.17, 15) is 14.7 Å². The van der Waals surface area contributed by atoms with E-state index in [1.807, 2.05) is 19.9 Å². The largest absolute Gasteiger partial charge is 0.545 e. The van der Waals surface area contributed by atoms with Crippen LogP contribution < -0.4 is 10.4 Å². The SMILES string of the molecule is Cc1ccc(C(=O)Nc2ccc(Cl)cc2C(=O)[O-])cc1C. The average Bonchev–Trinajstić information content (AvgIpc) is 2.43. The molecule has 0 aliphatic rings. The van der Waals surface area contributed by atoms with Crippen LogP contribution in [0.15, 0.2) is 36.4 Å². The van der Waals surface area contributed by atoms with Crippen molar-refractivity contribution < 1.29 is 14.7 Å². The second-order valence-electron chi connectivity index (χ2n) is 4.73. The van der Waals surface area contributed by atoms with E-state index >= 15 is 0 Å². The van der Waals surface area contributed by atoms with Crippen molar-refractivity contribution in [1.82, 2.24) is 0 Å². The molecule has 0 unspecified atom stereocenters. The van der Waals surface area contributed by atoms with Crippen LogP contribution in [-0.4, -0.2) is 11.9 Å². The zero-order valence-electron chi connectivity index (χ0n) is 11.6. The van der Waals surface area contributed by atoms with Crippen LogP contribution in [0.5, 0.6) is 0 Å². The number of hydrogen-bond donors (Lipinski definition) is 1. The van der Waals surface area contributed by atoms with Gasteiger partial charge in [-0.05, 0) is 55.3 Å². The monoisotopic (exact) mass is 302 g/mol. The summed E-state index contributed by atoms with van der Waals surface area (Å²) in [5.41, 5.74) is 2.52. The van der Waals surface area contributed by atoms with Gasteiger partial charge >= 0.3 is 0 Å². The number of carboxylic acids is 1. The van der Waals surface area contributed by atoms with Crippen molar-refractivity contribution in [3.63, 3.8) is 0 Å². The zero-order chi connectivity index (χ0) is 15.6. The van der Waals surface area contributed by atoms with Gasteiger partial charge in [-0.15, -0.1) is 0 Å². The molecule has 0 fully saturated rings. The highest BCUT2D eigenvalue weighted by Gasteiger charge is 2.11. The Morgan fingerprint density at radius 1 is 1.05 bits per heavy atom. The van der Waals surface area contributed by atoms with Gasteiger partial charge in [-0.1, -0.05) is 17.7 Å². The van der Waals surface area contributed by atoms with Crippen LogP contribution in [0.25, 0.3) is 0 Å². The molecule has 5 heteroatoms. The fourth-order valence-electron chi connectivity index (χ4n) is 1.87. The molecule has 0 heterocycles. The Morgan fingerprint density at radius 2 is 1.76 bits per heavy atom. The molecule has 0 saturated carbocycles. The number of hydrogen-bond acceptors (Lipinski definition) is 3. The molecule has 0 radical (unpaired) electrons. The summed E-state index contributed by atoms with van der Waals surface area (Å²) in [6.45, 7) is 3.85. The molecule has 2 aromatic carbocycles. The third-order valence-corrected chi connectivity index (χ3v) is 3.45. The summed E-state index contributed by atoms with van der Waals surface area (Å²) in [5.74, 6) is -1.78. The molecule has 0 saturated heterocycles. The minimum atomic E-state index is -1.40. The molecule has 2 rings (SSSR count). The first-order chi connectivity index (χ1) is 9.88. The molecule has 0 spiro atoms. The van der Waals surface area contributed by atoms with Gasteiger partial charge in [0, 0.05) is 16.1 Å². The van der Waals surface area contributed by atoms with Gasteiger partial charge in [-0.25, -0.2) is 0 Å². The number of carbonyl (C=O) groups is 2. The normalized spacial score (nSPS) is 10.2. The highest BCUT2D eigenvalue weighted by atomic mass is 35.5. The van der Waals surface area contributed by atoms with Crippen LogP contribution in [-0.2, 0) is 0 Å². The molecule has 4 nitrogen and oxygen atoms in total. The maximum Gasteiger partial charge on any atom is 0.255 e. The highest BCUT2D eigenvalue weighted by molar-refractivity contribution is 6.31. The van der Waals surface area contributed by atoms with Gasteiger partial charge in [0.2, 0.25) is 0 Å². The molecule has 1 N–H and O–H groups in total. The van der Waals surface area contributed by atoms with Crippen molar-refractivity contribution in [2.24, 2.45) is 0 Å². The van der Waals surface area contributed by atoms with Crippen LogP contribution >= 0.6 is 11.6 Å². The quantitative estimate of drug-likeness (QED) is 0.947. The Kier molecular flexibility index (Phi) is 4.29. The molecule has 108 valence electrons. The Hall–Kier alpha value is -2.33. The lowest BCUT2D eigenvalue weighted by atomic mass is 10.1. The van der Waals surface area contributed by atoms with E-state index in [4.69, 9.17) is 11.6 Å². The molecule has 0 aliphatic carbocycles. The maximum atomic E-state index is 12.2. The third kappa shape index (κ3) is 3.41. The molecule has 0 bridgehead atoms. The van der Waals surface area contributed by atoms with Crippen LogP contribution in [0.2, 0.25) is 5.02 Å². The van der Waals surface area contributed by atoms with Gasteiger partial charge in [0.1, 0.15) is 0 Å². The van der Waals surface area contributed by atoms with Gasteiger partial charge in [0.25, 0.3) is 5.91 Å². The summed E-state index contributed by atoms with van der Waals surface area (Å²) in [4.78, 5) is 23.2. The lowest BCUT2D eigenvalue weighted by molar-refractivity contribution is -0.254. The van der Waals surface area contributed by atoms with Crippen molar-refractivity contribution >= 4 is 29.2 Å². The molecule has 2 aromatic rings. The van der Waals surface area contributed by atoms with E-state index in [0.717, 1.165) is 11.1 Å². The minimum Gasteiger partial charge on any atom is -0.545 e. The van der Waals surface area contributed by atoms with Crippen LogP contribution in [0.1, 0.15) is 31.8 Å². The Bertz CT molecular complexity index is 725. The summed E-state index contributed by atoms with van der Waals surface area (Å²) in [6.07, 6.45) is 0. The number of amides is 1. The molecule has 1 amide bonds. The second-order valence-corrected chi connectivity index (χ2v) is 5.17. The summed E-state index contributed by atoms with van der Waals surface area (Å²) in [7, 11) is 0. The summed E-state index contributed by atoms with van der Waals surface area (Å²) >= 11 is 5.75. The topological polar surface area (TPSA) is 69.2 Å². The summed E-state index contributed by atoms with van der Waals surface area (Å²) in [6, 6.07) is 9.46. The Morgan fingerprint density at radius 3 is 2.38 bits per heavy atom. The molecule has 0 aliphatic heterocycles. The number of rotatable bonds is 3. The zero-order valence-corrected chi connectivity index (χ0v) is 12.3. The minimum absolute atomic E-state index is 0.153. The predicted molar refractivity (Wildman–Crippen MR) is 79.7 cm³/mol. The molecule has 21 heavy (non-hydrogen) atoms. The molecule has 0 aromatic heterocycles. The van der Waals surface area contributed by atoms with Gasteiger partial charge in [-0.2, -0.15) is 0 Å². The number of carbonyl (C=O) groups excluding carboxylic acids is 2. The van der Waals surface area contributed by atoms with Crippen molar-refractivity contribution in [1.29, 1.82) is 0 Å². The van der Waals surface area contributed by atoms with Gasteiger partial charge < -0.3 is 15.2 Å². The number of carboxylic acid groups (broad SMARTS) is 1. The van der Waals surface area contributed by atoms with Crippen molar-refractivity contribution in [3.05, 3.63) is 63.7 Å². The van der Waals surface area contributed by atoms with Crippen LogP contribution in [0.3, 0.4) is 0 Å². The fourth-order valence-corrected chi connectivity index (χ4v) is 2.04. The van der Waals surface area contributed by atoms with Gasteiger partial charge in [-0.3, -0.25) is 4.79 Å². The smallest absolute Gasteiger partial charge is 0.255 e. The molecular weight excluding hydrogens is 290 g/mol. The number of benzene rings is 2. The van der Waals surface area contributed by atoms with Crippen molar-refractivity contribution in [2.75, 3.05) is 5.32 Å². The number of halogens is 1. The third-order valence-electron chi connectivity index (χ3n) is 3.22. The number of anilines is 1. The first-order valence-electron chi connectivity index (χ1n) is 6.28. The van der Waals surface area contributed by atoms with Crippen molar-refractivity contribution in [3.8, 4) is 0 Å². The highest BCUT2D eigenvalue weighted by Crippen LogP contribution is 2.21. The maximum absolute atomic E-state index is 12.2.